The molecule has 2 aromatic rings. The van der Waals surface area contributed by atoms with Crippen LogP contribution in [0.15, 0.2) is 54.6 Å². The van der Waals surface area contributed by atoms with Crippen molar-refractivity contribution in [3.8, 4) is 11.5 Å². The first kappa shape index (κ1) is 19.5. The average molecular weight is 380 g/mol. The summed E-state index contributed by atoms with van der Waals surface area (Å²) >= 11 is 0. The lowest BCUT2D eigenvalue weighted by molar-refractivity contribution is -0.120. The van der Waals surface area contributed by atoms with Crippen LogP contribution < -0.4 is 20.5 Å². The molecule has 6 heteroatoms. The van der Waals surface area contributed by atoms with Crippen LogP contribution in [0.25, 0.3) is 6.08 Å². The number of hydrogen-bond acceptors (Lipinski definition) is 4. The highest BCUT2D eigenvalue weighted by Gasteiger charge is 2.33. The number of amides is 2. The van der Waals surface area contributed by atoms with Crippen molar-refractivity contribution in [2.45, 2.75) is 18.9 Å². The maximum atomic E-state index is 12.4. The zero-order chi connectivity index (χ0) is 19.9. The van der Waals surface area contributed by atoms with Crippen LogP contribution in [0.4, 0.5) is 0 Å². The minimum Gasteiger partial charge on any atom is -0.497 e. The van der Waals surface area contributed by atoms with E-state index in [9.17, 15) is 9.59 Å². The lowest BCUT2D eigenvalue weighted by Gasteiger charge is -2.18. The van der Waals surface area contributed by atoms with Crippen LogP contribution in [0.3, 0.4) is 0 Å². The standard InChI is InChI=1S/C22H24N2O4/c1-27-18-11-7-17(8-12-18)22(16-5-6-16)24-21(26)13-4-15-2-9-19(10-3-15)28-14-20(23)25/h2-4,7-13,16,22H,5-6,14H2,1H3,(H2,23,25)(H,24,26)/b13-4+. The molecule has 0 aromatic heterocycles. The summed E-state index contributed by atoms with van der Waals surface area (Å²) in [6.45, 7) is -0.161. The van der Waals surface area contributed by atoms with Crippen molar-refractivity contribution >= 4 is 17.9 Å². The number of methoxy groups -OCH3 is 1. The first-order chi connectivity index (χ1) is 13.5. The van der Waals surface area contributed by atoms with E-state index >= 15 is 0 Å². The Kier molecular flexibility index (Phi) is 6.32. The van der Waals surface area contributed by atoms with Gasteiger partial charge in [0.15, 0.2) is 6.61 Å². The van der Waals surface area contributed by atoms with Gasteiger partial charge in [-0.2, -0.15) is 0 Å². The van der Waals surface area contributed by atoms with Crippen molar-refractivity contribution in [3.05, 3.63) is 65.7 Å². The zero-order valence-corrected chi connectivity index (χ0v) is 15.8. The van der Waals surface area contributed by atoms with Crippen LogP contribution in [0.1, 0.15) is 30.0 Å². The van der Waals surface area contributed by atoms with Gasteiger partial charge in [0.05, 0.1) is 13.2 Å². The van der Waals surface area contributed by atoms with Gasteiger partial charge in [0.1, 0.15) is 11.5 Å². The second-order valence-electron chi connectivity index (χ2n) is 6.75. The fourth-order valence-corrected chi connectivity index (χ4v) is 2.92. The smallest absolute Gasteiger partial charge is 0.255 e. The van der Waals surface area contributed by atoms with Crippen molar-refractivity contribution in [1.29, 1.82) is 0 Å². The summed E-state index contributed by atoms with van der Waals surface area (Å²) in [6.07, 6.45) is 5.50. The Balaban J connectivity index is 1.59. The van der Waals surface area contributed by atoms with Crippen LogP contribution >= 0.6 is 0 Å². The molecule has 1 aliphatic rings. The Labute approximate surface area is 164 Å². The number of nitrogens with two attached hydrogens (primary N) is 1. The molecule has 0 bridgehead atoms. The van der Waals surface area contributed by atoms with E-state index in [4.69, 9.17) is 15.2 Å². The van der Waals surface area contributed by atoms with Crippen molar-refractivity contribution < 1.29 is 19.1 Å². The molecule has 1 atom stereocenters. The fourth-order valence-electron chi connectivity index (χ4n) is 2.92. The third kappa shape index (κ3) is 5.61. The summed E-state index contributed by atoms with van der Waals surface area (Å²) in [5.41, 5.74) is 6.99. The van der Waals surface area contributed by atoms with E-state index in [0.29, 0.717) is 11.7 Å². The van der Waals surface area contributed by atoms with Gasteiger partial charge in [0.25, 0.3) is 5.91 Å². The Morgan fingerprint density at radius 1 is 1.11 bits per heavy atom. The number of hydrogen-bond donors (Lipinski definition) is 2. The zero-order valence-electron chi connectivity index (χ0n) is 15.8. The lowest BCUT2D eigenvalue weighted by atomic mass is 10.0. The summed E-state index contributed by atoms with van der Waals surface area (Å²) in [5.74, 6) is 1.17. The van der Waals surface area contributed by atoms with E-state index in [1.54, 1.807) is 25.3 Å². The molecule has 6 nitrogen and oxygen atoms in total. The number of nitrogens with one attached hydrogen (secondary N) is 1. The highest BCUT2D eigenvalue weighted by molar-refractivity contribution is 5.92. The molecule has 1 aliphatic carbocycles. The van der Waals surface area contributed by atoms with Crippen LogP contribution in [0.5, 0.6) is 11.5 Å². The monoisotopic (exact) mass is 380 g/mol. The summed E-state index contributed by atoms with van der Waals surface area (Å²) in [7, 11) is 1.64. The van der Waals surface area contributed by atoms with E-state index in [1.165, 1.54) is 6.08 Å². The van der Waals surface area contributed by atoms with Crippen molar-refractivity contribution in [2.75, 3.05) is 13.7 Å². The molecule has 146 valence electrons. The molecule has 1 saturated carbocycles. The first-order valence-corrected chi connectivity index (χ1v) is 9.19. The minimum atomic E-state index is -0.525. The van der Waals surface area contributed by atoms with Crippen molar-refractivity contribution in [2.24, 2.45) is 11.7 Å². The number of rotatable bonds is 9. The Morgan fingerprint density at radius 3 is 2.32 bits per heavy atom. The molecule has 1 fully saturated rings. The highest BCUT2D eigenvalue weighted by atomic mass is 16.5. The quantitative estimate of drug-likeness (QED) is 0.655. The van der Waals surface area contributed by atoms with Gasteiger partial charge in [-0.05, 0) is 60.2 Å². The van der Waals surface area contributed by atoms with Gasteiger partial charge in [0.2, 0.25) is 5.91 Å². The number of ether oxygens (including phenoxy) is 2. The Bertz CT molecular complexity index is 840. The van der Waals surface area contributed by atoms with E-state index < -0.39 is 5.91 Å². The predicted octanol–water partition coefficient (Wildman–Crippen LogP) is 2.84. The Hall–Kier alpha value is -3.28. The van der Waals surface area contributed by atoms with Crippen molar-refractivity contribution in [1.82, 2.24) is 5.32 Å². The second kappa shape index (κ2) is 9.08. The number of carbonyl (C=O) groups is 2. The van der Waals surface area contributed by atoms with Crippen LogP contribution in [0, 0.1) is 5.92 Å². The average Bonchev–Trinajstić information content (AvgIpc) is 3.55. The molecule has 0 saturated heterocycles. The van der Waals surface area contributed by atoms with Gasteiger partial charge in [-0.25, -0.2) is 0 Å². The third-order valence-electron chi connectivity index (χ3n) is 4.55. The highest BCUT2D eigenvalue weighted by Crippen LogP contribution is 2.41. The fraction of sp³-hybridized carbons (Fsp3) is 0.273. The molecule has 0 aliphatic heterocycles. The predicted molar refractivity (Wildman–Crippen MR) is 107 cm³/mol. The van der Waals surface area contributed by atoms with Crippen LogP contribution in [-0.4, -0.2) is 25.5 Å². The molecular formula is C22H24N2O4. The SMILES string of the molecule is COc1ccc(C(NC(=O)/C=C/c2ccc(OCC(N)=O)cc2)C2CC2)cc1. The third-order valence-corrected chi connectivity index (χ3v) is 4.55. The summed E-state index contributed by atoms with van der Waals surface area (Å²) in [6, 6.07) is 14.9. The van der Waals surface area contributed by atoms with E-state index in [1.807, 2.05) is 36.4 Å². The van der Waals surface area contributed by atoms with Gasteiger partial charge < -0.3 is 20.5 Å². The number of benzene rings is 2. The minimum absolute atomic E-state index is 0.00707. The molecule has 0 radical (unpaired) electrons. The molecule has 28 heavy (non-hydrogen) atoms. The number of primary amides is 1. The largest absolute Gasteiger partial charge is 0.497 e. The van der Waals surface area contributed by atoms with Crippen molar-refractivity contribution in [3.63, 3.8) is 0 Å². The molecule has 0 spiro atoms. The van der Waals surface area contributed by atoms with Gasteiger partial charge in [-0.1, -0.05) is 24.3 Å². The molecule has 2 amide bonds. The molecule has 1 unspecified atom stereocenters. The van der Waals surface area contributed by atoms with Crippen LogP contribution in [-0.2, 0) is 9.59 Å². The molecule has 3 rings (SSSR count). The topological polar surface area (TPSA) is 90.7 Å². The molecule has 3 N–H and O–H groups in total. The van der Waals surface area contributed by atoms with E-state index in [2.05, 4.69) is 5.32 Å². The summed E-state index contributed by atoms with van der Waals surface area (Å²) in [5, 5.41) is 3.10. The van der Waals surface area contributed by atoms with Gasteiger partial charge >= 0.3 is 0 Å². The lowest BCUT2D eigenvalue weighted by Crippen LogP contribution is -2.28. The maximum absolute atomic E-state index is 12.4. The summed E-state index contributed by atoms with van der Waals surface area (Å²) < 4.78 is 10.4. The molecule has 0 heterocycles. The van der Waals surface area contributed by atoms with Gasteiger partial charge in [-0.15, -0.1) is 0 Å². The number of carbonyl (C=O) groups excluding carboxylic acids is 2. The first-order valence-electron chi connectivity index (χ1n) is 9.19. The van der Waals surface area contributed by atoms with Gasteiger partial charge in [0, 0.05) is 6.08 Å². The van der Waals surface area contributed by atoms with Crippen LogP contribution in [0.2, 0.25) is 0 Å². The molecular weight excluding hydrogens is 356 g/mol. The normalized spacial score (nSPS) is 14.5. The Morgan fingerprint density at radius 2 is 1.75 bits per heavy atom. The van der Waals surface area contributed by atoms with E-state index in [0.717, 1.165) is 29.7 Å². The van der Waals surface area contributed by atoms with E-state index in [-0.39, 0.29) is 18.6 Å². The summed E-state index contributed by atoms with van der Waals surface area (Å²) in [4.78, 5) is 23.1. The van der Waals surface area contributed by atoms with Gasteiger partial charge in [-0.3, -0.25) is 9.59 Å². The maximum Gasteiger partial charge on any atom is 0.255 e. The second-order valence-corrected chi connectivity index (χ2v) is 6.75. The molecule has 2 aromatic carbocycles.